The predicted octanol–water partition coefficient (Wildman–Crippen LogP) is 4.11. The van der Waals surface area contributed by atoms with E-state index in [0.717, 1.165) is 25.7 Å². The van der Waals surface area contributed by atoms with E-state index in [1.54, 1.807) is 29.2 Å². The summed E-state index contributed by atoms with van der Waals surface area (Å²) in [6, 6.07) is 7.88. The van der Waals surface area contributed by atoms with Crippen molar-refractivity contribution in [3.8, 4) is 0 Å². The molecular formula is C31H42N6O5S. The Morgan fingerprint density at radius 3 is 2.65 bits per heavy atom. The topological polar surface area (TPSA) is 134 Å². The van der Waals surface area contributed by atoms with Crippen molar-refractivity contribution in [2.24, 2.45) is 11.8 Å². The van der Waals surface area contributed by atoms with E-state index in [0.29, 0.717) is 62.0 Å². The van der Waals surface area contributed by atoms with Crippen molar-refractivity contribution < 1.29 is 22.7 Å². The van der Waals surface area contributed by atoms with Gasteiger partial charge in [-0.15, -0.1) is 0 Å². The fourth-order valence-corrected chi connectivity index (χ4v) is 8.07. The standard InChI is InChI=1S/C31H42N6O5S/c1-31(2)19-22-9-6-16-32-25-10-5-11-27(33-25)43(40,41)35-29(38)23-12-13-26(34-28(23)37(31)20-22)36-17-14-24(30(36)39)42-18-15-21-7-3-4-8-21/h5,10-13,21-22,24H,3-4,6-9,14-20H2,1-2H3,(H,32,33)(H,35,38)/t22-,24-/m0/s1. The number of rotatable bonds is 5. The minimum absolute atomic E-state index is 0.125. The first-order valence-electron chi connectivity index (χ1n) is 15.6. The van der Waals surface area contributed by atoms with Crippen LogP contribution in [0.25, 0.3) is 0 Å². The SMILES string of the molecule is CC1(C)C[C@@H]2CCCNc3cccc(n3)S(=O)(=O)NC(=O)c3ccc(N4CC[C@H](OCCC5CCCC5)C4=O)nc3N1C2. The zero-order valence-electron chi connectivity index (χ0n) is 25.0. The van der Waals surface area contributed by atoms with E-state index in [4.69, 9.17) is 9.72 Å². The average Bonchev–Trinajstić information content (AvgIpc) is 3.69. The zero-order valence-corrected chi connectivity index (χ0v) is 25.9. The van der Waals surface area contributed by atoms with Gasteiger partial charge in [0, 0.05) is 38.2 Å². The first-order chi connectivity index (χ1) is 20.6. The molecule has 2 amide bonds. The molecule has 0 spiro atoms. The van der Waals surface area contributed by atoms with Crippen molar-refractivity contribution in [1.82, 2.24) is 14.7 Å². The smallest absolute Gasteiger partial charge is 0.281 e. The molecule has 6 rings (SSSR count). The molecule has 2 aromatic heterocycles. The Balaban J connectivity index is 1.29. The van der Waals surface area contributed by atoms with Crippen LogP contribution in [0.4, 0.5) is 17.5 Å². The highest BCUT2D eigenvalue weighted by atomic mass is 32.2. The second-order valence-corrected chi connectivity index (χ2v) is 14.6. The highest BCUT2D eigenvalue weighted by Gasteiger charge is 2.42. The number of fused-ring (bicyclic) bond motifs is 6. The molecule has 3 fully saturated rings. The lowest BCUT2D eigenvalue weighted by atomic mass is 9.93. The third kappa shape index (κ3) is 6.35. The van der Waals surface area contributed by atoms with E-state index in [1.807, 2.05) is 0 Å². The van der Waals surface area contributed by atoms with E-state index in [1.165, 1.54) is 31.7 Å². The second kappa shape index (κ2) is 12.0. The Hall–Kier alpha value is -3.25. The van der Waals surface area contributed by atoms with Crippen molar-refractivity contribution in [3.05, 3.63) is 35.9 Å². The number of nitrogens with zero attached hydrogens (tertiary/aromatic N) is 4. The van der Waals surface area contributed by atoms with E-state index in [-0.39, 0.29) is 22.0 Å². The number of nitrogens with one attached hydrogen (secondary N) is 2. The summed E-state index contributed by atoms with van der Waals surface area (Å²) < 4.78 is 34.7. The highest BCUT2D eigenvalue weighted by molar-refractivity contribution is 7.90. The number of aromatic nitrogens is 2. The van der Waals surface area contributed by atoms with Gasteiger partial charge in [-0.1, -0.05) is 31.7 Å². The number of hydrogen-bond donors (Lipinski definition) is 2. The third-order valence-electron chi connectivity index (χ3n) is 9.39. The molecule has 3 aliphatic heterocycles. The molecule has 0 radical (unpaired) electrons. The van der Waals surface area contributed by atoms with Gasteiger partial charge in [-0.3, -0.25) is 14.5 Å². The van der Waals surface area contributed by atoms with E-state index < -0.39 is 22.0 Å². The van der Waals surface area contributed by atoms with Gasteiger partial charge in [-0.2, -0.15) is 8.42 Å². The maximum Gasteiger partial charge on any atom is 0.281 e. The molecule has 12 heteroatoms. The van der Waals surface area contributed by atoms with Crippen LogP contribution in [0.3, 0.4) is 0 Å². The number of anilines is 3. The van der Waals surface area contributed by atoms with Crippen LogP contribution in [0.1, 0.15) is 82.0 Å². The van der Waals surface area contributed by atoms with Crippen LogP contribution in [0.2, 0.25) is 0 Å². The van der Waals surface area contributed by atoms with Gasteiger partial charge in [0.1, 0.15) is 23.6 Å². The van der Waals surface area contributed by atoms with Gasteiger partial charge in [0.2, 0.25) is 0 Å². The molecule has 1 saturated carbocycles. The lowest BCUT2D eigenvalue weighted by molar-refractivity contribution is -0.127. The first-order valence-corrected chi connectivity index (χ1v) is 17.1. The van der Waals surface area contributed by atoms with Crippen molar-refractivity contribution >= 4 is 39.3 Å². The van der Waals surface area contributed by atoms with Gasteiger partial charge in [0.15, 0.2) is 5.03 Å². The second-order valence-electron chi connectivity index (χ2n) is 13.0. The van der Waals surface area contributed by atoms with Crippen molar-refractivity contribution in [3.63, 3.8) is 0 Å². The fourth-order valence-electron chi connectivity index (χ4n) is 7.14. The molecule has 2 N–H and O–H groups in total. The minimum Gasteiger partial charge on any atom is -0.370 e. The molecule has 232 valence electrons. The molecule has 1 aliphatic carbocycles. The molecule has 5 heterocycles. The van der Waals surface area contributed by atoms with Crippen LogP contribution in [-0.2, 0) is 19.6 Å². The zero-order chi connectivity index (χ0) is 30.2. The Morgan fingerprint density at radius 2 is 1.84 bits per heavy atom. The Morgan fingerprint density at radius 1 is 1.02 bits per heavy atom. The van der Waals surface area contributed by atoms with Crippen LogP contribution >= 0.6 is 0 Å². The van der Waals surface area contributed by atoms with Crippen molar-refractivity contribution in [2.75, 3.05) is 41.4 Å². The number of sulfonamides is 1. The third-order valence-corrected chi connectivity index (χ3v) is 10.6. The van der Waals surface area contributed by atoms with E-state index in [2.05, 4.69) is 33.8 Å². The maximum atomic E-state index is 13.6. The summed E-state index contributed by atoms with van der Waals surface area (Å²) in [6.45, 7) is 6.61. The molecule has 2 saturated heterocycles. The van der Waals surface area contributed by atoms with Gasteiger partial charge in [0.25, 0.3) is 21.8 Å². The monoisotopic (exact) mass is 610 g/mol. The average molecular weight is 611 g/mol. The number of ether oxygens (including phenoxy) is 1. The summed E-state index contributed by atoms with van der Waals surface area (Å²) in [5.41, 5.74) is -0.192. The first kappa shape index (κ1) is 29.8. The molecule has 11 nitrogen and oxygen atoms in total. The van der Waals surface area contributed by atoms with Gasteiger partial charge in [-0.05, 0) is 75.6 Å². The lowest BCUT2D eigenvalue weighted by Gasteiger charge is -2.34. The van der Waals surface area contributed by atoms with E-state index in [9.17, 15) is 18.0 Å². The van der Waals surface area contributed by atoms with Crippen LogP contribution in [0.15, 0.2) is 35.4 Å². The highest BCUT2D eigenvalue weighted by Crippen LogP contribution is 2.40. The summed E-state index contributed by atoms with van der Waals surface area (Å²) in [7, 11) is -4.25. The number of carbonyl (C=O) groups excluding carboxylic acids is 2. The van der Waals surface area contributed by atoms with Gasteiger partial charge >= 0.3 is 0 Å². The summed E-state index contributed by atoms with van der Waals surface area (Å²) >= 11 is 0. The molecule has 4 bridgehead atoms. The number of carbonyl (C=O) groups is 2. The van der Waals surface area contributed by atoms with E-state index >= 15 is 0 Å². The van der Waals surface area contributed by atoms with Gasteiger partial charge in [-0.25, -0.2) is 14.7 Å². The largest absolute Gasteiger partial charge is 0.370 e. The summed E-state index contributed by atoms with van der Waals surface area (Å²) in [6.07, 6.45) is 8.86. The maximum absolute atomic E-state index is 13.6. The minimum atomic E-state index is -4.25. The molecule has 43 heavy (non-hydrogen) atoms. The fraction of sp³-hybridized carbons (Fsp3) is 0.613. The Kier molecular flexibility index (Phi) is 8.34. The number of amides is 2. The molecule has 0 unspecified atom stereocenters. The normalized spacial score (nSPS) is 25.5. The molecule has 2 atom stereocenters. The predicted molar refractivity (Wildman–Crippen MR) is 164 cm³/mol. The Labute approximate surface area is 253 Å². The van der Waals surface area contributed by atoms with Crippen LogP contribution in [0.5, 0.6) is 0 Å². The summed E-state index contributed by atoms with van der Waals surface area (Å²) in [5.74, 6) is 1.41. The summed E-state index contributed by atoms with van der Waals surface area (Å²) in [4.78, 5) is 39.9. The van der Waals surface area contributed by atoms with Crippen LogP contribution < -0.4 is 19.8 Å². The number of hydrogen-bond acceptors (Lipinski definition) is 9. The number of pyridine rings is 2. The molecule has 4 aliphatic rings. The van der Waals surface area contributed by atoms with Crippen LogP contribution in [0, 0.1) is 11.8 Å². The van der Waals surface area contributed by atoms with Gasteiger partial charge < -0.3 is 15.0 Å². The van der Waals surface area contributed by atoms with Crippen molar-refractivity contribution in [1.29, 1.82) is 0 Å². The van der Waals surface area contributed by atoms with Gasteiger partial charge in [0.05, 0.1) is 5.56 Å². The summed E-state index contributed by atoms with van der Waals surface area (Å²) in [5, 5.41) is 2.97. The Bertz CT molecular complexity index is 1470. The molecule has 2 aromatic rings. The molecule has 0 aromatic carbocycles. The molecular weight excluding hydrogens is 568 g/mol. The quantitative estimate of drug-likeness (QED) is 0.513. The lowest BCUT2D eigenvalue weighted by Crippen LogP contribution is -2.41. The van der Waals surface area contributed by atoms with Crippen LogP contribution in [-0.4, -0.2) is 68.1 Å². The van der Waals surface area contributed by atoms with Crippen molar-refractivity contribution in [2.45, 2.75) is 88.3 Å².